The summed E-state index contributed by atoms with van der Waals surface area (Å²) < 4.78 is 28.6. The first kappa shape index (κ1) is 9.85. The Morgan fingerprint density at radius 1 is 1.09 bits per heavy atom. The van der Waals surface area contributed by atoms with Crippen molar-refractivity contribution >= 4 is 10.4 Å². The van der Waals surface area contributed by atoms with Crippen LogP contribution in [0.3, 0.4) is 0 Å². The van der Waals surface area contributed by atoms with E-state index in [1.165, 1.54) is 12.1 Å². The van der Waals surface area contributed by atoms with E-state index in [9.17, 15) is 8.42 Å². The maximum atomic E-state index is 10.4. The molecule has 0 rings (SSSR count). The van der Waals surface area contributed by atoms with Crippen LogP contribution in [0.25, 0.3) is 0 Å². The van der Waals surface area contributed by atoms with Gasteiger partial charge in [-0.05, 0) is 0 Å². The van der Waals surface area contributed by atoms with Crippen molar-refractivity contribution in [2.75, 3.05) is 13.2 Å². The lowest BCUT2D eigenvalue weighted by Crippen LogP contribution is -2.10. The van der Waals surface area contributed by atoms with Crippen molar-refractivity contribution in [2.24, 2.45) is 0 Å². The average molecular weight is 176 g/mol. The zero-order valence-corrected chi connectivity index (χ0v) is 6.17. The quantitative estimate of drug-likeness (QED) is 0.562. The fourth-order valence-corrected chi connectivity index (χ4v) is 0.693. The predicted molar refractivity (Wildman–Crippen MR) is 32.0 cm³/mol. The molecular formula is C4H4N2O4S. The second-order valence-corrected chi connectivity index (χ2v) is 2.54. The van der Waals surface area contributed by atoms with Gasteiger partial charge in [0.25, 0.3) is 0 Å². The lowest BCUT2D eigenvalue weighted by Gasteiger charge is -1.97. The Morgan fingerprint density at radius 3 is 1.73 bits per heavy atom. The first-order valence-electron chi connectivity index (χ1n) is 2.40. The van der Waals surface area contributed by atoms with Crippen LogP contribution in [0, 0.1) is 22.7 Å². The van der Waals surface area contributed by atoms with E-state index in [4.69, 9.17) is 10.5 Å². The van der Waals surface area contributed by atoms with Crippen LogP contribution in [0.2, 0.25) is 0 Å². The van der Waals surface area contributed by atoms with Gasteiger partial charge in [0, 0.05) is 0 Å². The fraction of sp³-hybridized carbons (Fsp3) is 0.500. The Labute approximate surface area is 63.9 Å². The van der Waals surface area contributed by atoms with Crippen LogP contribution in [0.15, 0.2) is 0 Å². The highest BCUT2D eigenvalue weighted by molar-refractivity contribution is 7.81. The van der Waals surface area contributed by atoms with E-state index in [1.807, 2.05) is 0 Å². The molecule has 0 aliphatic heterocycles. The van der Waals surface area contributed by atoms with E-state index in [2.05, 4.69) is 8.37 Å². The molecule has 0 saturated heterocycles. The standard InChI is InChI=1S/C4H4N2O4S/c5-1-3-9-11(7,8)10-4-2-6/h3-4H2. The zero-order valence-electron chi connectivity index (χ0n) is 5.35. The maximum absolute atomic E-state index is 10.4. The van der Waals surface area contributed by atoms with Crippen LogP contribution in [0.5, 0.6) is 0 Å². The predicted octanol–water partition coefficient (Wildman–Crippen LogP) is -0.688. The van der Waals surface area contributed by atoms with Crippen molar-refractivity contribution in [3.63, 3.8) is 0 Å². The topological polar surface area (TPSA) is 100 Å². The van der Waals surface area contributed by atoms with Gasteiger partial charge in [-0.1, -0.05) is 0 Å². The van der Waals surface area contributed by atoms with E-state index in [0.717, 1.165) is 0 Å². The minimum Gasteiger partial charge on any atom is -0.233 e. The zero-order chi connectivity index (χ0) is 8.74. The third-order valence-corrected chi connectivity index (χ3v) is 1.35. The van der Waals surface area contributed by atoms with Crippen molar-refractivity contribution in [2.45, 2.75) is 0 Å². The third kappa shape index (κ3) is 5.30. The molecule has 0 heterocycles. The maximum Gasteiger partial charge on any atom is 0.401 e. The Bertz CT molecular complexity index is 258. The summed E-state index contributed by atoms with van der Waals surface area (Å²) in [6.07, 6.45) is 0. The summed E-state index contributed by atoms with van der Waals surface area (Å²) in [4.78, 5) is 0. The molecule has 0 saturated carbocycles. The Kier molecular flexibility index (Phi) is 4.15. The lowest BCUT2D eigenvalue weighted by molar-refractivity contribution is 0.251. The molecule has 0 unspecified atom stereocenters. The van der Waals surface area contributed by atoms with Crippen LogP contribution in [-0.4, -0.2) is 21.6 Å². The summed E-state index contributed by atoms with van der Waals surface area (Å²) in [7, 11) is -4.15. The van der Waals surface area contributed by atoms with Gasteiger partial charge < -0.3 is 0 Å². The molecular weight excluding hydrogens is 172 g/mol. The van der Waals surface area contributed by atoms with Crippen LogP contribution >= 0.6 is 0 Å². The molecule has 6 nitrogen and oxygen atoms in total. The summed E-state index contributed by atoms with van der Waals surface area (Å²) in [5.74, 6) is 0. The van der Waals surface area contributed by atoms with E-state index < -0.39 is 23.6 Å². The molecule has 0 aliphatic rings. The van der Waals surface area contributed by atoms with Crippen molar-refractivity contribution in [3.8, 4) is 12.1 Å². The van der Waals surface area contributed by atoms with Crippen LogP contribution < -0.4 is 0 Å². The minimum atomic E-state index is -4.15. The molecule has 0 atom stereocenters. The first-order valence-corrected chi connectivity index (χ1v) is 3.73. The fourth-order valence-electron chi connectivity index (χ4n) is 0.231. The molecule has 0 aromatic rings. The van der Waals surface area contributed by atoms with Gasteiger partial charge in [0.2, 0.25) is 0 Å². The van der Waals surface area contributed by atoms with Crippen LogP contribution in [-0.2, 0) is 18.8 Å². The number of nitriles is 2. The van der Waals surface area contributed by atoms with Gasteiger partial charge in [-0.2, -0.15) is 18.9 Å². The number of hydrogen-bond acceptors (Lipinski definition) is 6. The molecule has 0 aliphatic carbocycles. The van der Waals surface area contributed by atoms with Gasteiger partial charge in [0.05, 0.1) is 12.1 Å². The number of nitrogens with zero attached hydrogens (tertiary/aromatic N) is 2. The Balaban J connectivity index is 3.86. The van der Waals surface area contributed by atoms with Crippen molar-refractivity contribution in [1.82, 2.24) is 0 Å². The normalized spacial score (nSPS) is 10.0. The molecule has 0 bridgehead atoms. The second kappa shape index (κ2) is 4.63. The SMILES string of the molecule is N#CCOS(=O)(=O)OCC#N. The number of hydrogen-bond donors (Lipinski definition) is 0. The molecule has 7 heteroatoms. The van der Waals surface area contributed by atoms with Crippen molar-refractivity contribution < 1.29 is 16.8 Å². The smallest absolute Gasteiger partial charge is 0.233 e. The average Bonchev–Trinajstić information content (AvgIpc) is 1.97. The summed E-state index contributed by atoms with van der Waals surface area (Å²) in [6, 6.07) is 2.87. The van der Waals surface area contributed by atoms with Gasteiger partial charge in [-0.15, -0.1) is 0 Å². The summed E-state index contributed by atoms with van der Waals surface area (Å²) in [5.41, 5.74) is 0. The molecule has 0 fully saturated rings. The highest BCUT2D eigenvalue weighted by Crippen LogP contribution is 1.93. The highest BCUT2D eigenvalue weighted by atomic mass is 32.3. The first-order chi connectivity index (χ1) is 5.12. The molecule has 60 valence electrons. The molecule has 0 aromatic carbocycles. The summed E-state index contributed by atoms with van der Waals surface area (Å²) >= 11 is 0. The Morgan fingerprint density at radius 2 is 1.45 bits per heavy atom. The summed E-state index contributed by atoms with van der Waals surface area (Å²) in [6.45, 7) is -1.23. The van der Waals surface area contributed by atoms with Gasteiger partial charge in [-0.3, -0.25) is 0 Å². The van der Waals surface area contributed by atoms with E-state index in [1.54, 1.807) is 0 Å². The van der Waals surface area contributed by atoms with E-state index in [0.29, 0.717) is 0 Å². The lowest BCUT2D eigenvalue weighted by atomic mass is 10.9. The van der Waals surface area contributed by atoms with Gasteiger partial charge in [-0.25, -0.2) is 8.37 Å². The molecule has 0 amide bonds. The van der Waals surface area contributed by atoms with E-state index in [-0.39, 0.29) is 0 Å². The van der Waals surface area contributed by atoms with Crippen LogP contribution in [0.4, 0.5) is 0 Å². The van der Waals surface area contributed by atoms with Crippen molar-refractivity contribution in [3.05, 3.63) is 0 Å². The third-order valence-electron chi connectivity index (χ3n) is 0.536. The molecule has 0 radical (unpaired) electrons. The molecule has 0 spiro atoms. The van der Waals surface area contributed by atoms with Gasteiger partial charge in [0.15, 0.2) is 13.2 Å². The second-order valence-electron chi connectivity index (χ2n) is 1.25. The van der Waals surface area contributed by atoms with Crippen molar-refractivity contribution in [1.29, 1.82) is 10.5 Å². The Hall–Kier alpha value is -1.15. The van der Waals surface area contributed by atoms with Crippen LogP contribution in [0.1, 0.15) is 0 Å². The molecule has 11 heavy (non-hydrogen) atoms. The summed E-state index contributed by atoms with van der Waals surface area (Å²) in [5, 5.41) is 15.8. The van der Waals surface area contributed by atoms with Gasteiger partial charge in [0.1, 0.15) is 0 Å². The highest BCUT2D eigenvalue weighted by Gasteiger charge is 2.09. The minimum absolute atomic E-state index is 0.617. The molecule has 0 N–H and O–H groups in total. The molecule has 0 aromatic heterocycles. The number of rotatable bonds is 4. The monoisotopic (exact) mass is 176 g/mol. The van der Waals surface area contributed by atoms with E-state index >= 15 is 0 Å². The van der Waals surface area contributed by atoms with Gasteiger partial charge >= 0.3 is 10.4 Å². The largest absolute Gasteiger partial charge is 0.401 e.